The standard InChI is InChI=1S/C13H16FNO5/c1-13(19,6-11(16)17)7-15-12(18)8-3-4-10(20-2)9(14)5-8/h3-5,19H,6-7H2,1-2H3,(H,15,18)(H,16,17). The average Bonchev–Trinajstić information content (AvgIpc) is 2.34. The van der Waals surface area contributed by atoms with E-state index in [2.05, 4.69) is 5.32 Å². The van der Waals surface area contributed by atoms with Crippen LogP contribution in [0.15, 0.2) is 18.2 Å². The highest BCUT2D eigenvalue weighted by Crippen LogP contribution is 2.17. The number of hydrogen-bond acceptors (Lipinski definition) is 4. The number of aliphatic carboxylic acids is 1. The molecule has 0 spiro atoms. The molecular formula is C13H16FNO5. The third-order valence-electron chi connectivity index (χ3n) is 2.58. The summed E-state index contributed by atoms with van der Waals surface area (Å²) in [7, 11) is 1.31. The van der Waals surface area contributed by atoms with Crippen LogP contribution in [0.1, 0.15) is 23.7 Å². The Kier molecular flexibility index (Phi) is 5.04. The second-order valence-corrected chi connectivity index (χ2v) is 4.60. The number of amides is 1. The molecule has 0 heterocycles. The van der Waals surface area contributed by atoms with Gasteiger partial charge in [-0.2, -0.15) is 0 Å². The number of benzene rings is 1. The molecule has 7 heteroatoms. The second kappa shape index (κ2) is 6.33. The first-order valence-electron chi connectivity index (χ1n) is 5.81. The third kappa shape index (κ3) is 4.51. The molecule has 0 aliphatic carbocycles. The number of halogens is 1. The van der Waals surface area contributed by atoms with Gasteiger partial charge in [0.2, 0.25) is 0 Å². The lowest BCUT2D eigenvalue weighted by Gasteiger charge is -2.21. The number of ether oxygens (including phenoxy) is 1. The van der Waals surface area contributed by atoms with Crippen LogP contribution in [-0.2, 0) is 4.79 Å². The molecule has 20 heavy (non-hydrogen) atoms. The van der Waals surface area contributed by atoms with E-state index in [0.717, 1.165) is 6.07 Å². The van der Waals surface area contributed by atoms with Crippen LogP contribution in [0.2, 0.25) is 0 Å². The van der Waals surface area contributed by atoms with Crippen molar-refractivity contribution in [3.05, 3.63) is 29.6 Å². The van der Waals surface area contributed by atoms with Crippen molar-refractivity contribution < 1.29 is 28.9 Å². The molecule has 1 amide bonds. The fourth-order valence-electron chi connectivity index (χ4n) is 1.57. The van der Waals surface area contributed by atoms with Crippen LogP contribution in [0.25, 0.3) is 0 Å². The van der Waals surface area contributed by atoms with Crippen LogP contribution in [0.4, 0.5) is 4.39 Å². The van der Waals surface area contributed by atoms with Crippen LogP contribution in [0.5, 0.6) is 5.75 Å². The smallest absolute Gasteiger partial charge is 0.306 e. The Bertz CT molecular complexity index is 515. The van der Waals surface area contributed by atoms with Crippen LogP contribution >= 0.6 is 0 Å². The SMILES string of the molecule is COc1ccc(C(=O)NCC(C)(O)CC(=O)O)cc1F. The Morgan fingerprint density at radius 3 is 2.60 bits per heavy atom. The maximum atomic E-state index is 13.4. The summed E-state index contributed by atoms with van der Waals surface area (Å²) in [5.74, 6) is -2.46. The molecule has 0 radical (unpaired) electrons. The van der Waals surface area contributed by atoms with Gasteiger partial charge >= 0.3 is 5.97 Å². The minimum absolute atomic E-state index is 0.0134. The molecule has 0 aliphatic heterocycles. The number of carbonyl (C=O) groups excluding carboxylic acids is 1. The molecule has 1 aromatic rings. The lowest BCUT2D eigenvalue weighted by atomic mass is 10.0. The third-order valence-corrected chi connectivity index (χ3v) is 2.58. The van der Waals surface area contributed by atoms with Gasteiger partial charge in [0.1, 0.15) is 0 Å². The molecule has 0 saturated carbocycles. The van der Waals surface area contributed by atoms with Gasteiger partial charge in [-0.3, -0.25) is 9.59 Å². The molecule has 0 aliphatic rings. The summed E-state index contributed by atoms with van der Waals surface area (Å²) in [4.78, 5) is 22.3. The van der Waals surface area contributed by atoms with Gasteiger partial charge in [0, 0.05) is 12.1 Å². The summed E-state index contributed by atoms with van der Waals surface area (Å²) in [5.41, 5.74) is -1.53. The topological polar surface area (TPSA) is 95.9 Å². The van der Waals surface area contributed by atoms with Gasteiger partial charge in [-0.05, 0) is 25.1 Å². The summed E-state index contributed by atoms with van der Waals surface area (Å²) in [6.45, 7) is 1.03. The number of carboxylic acids is 1. The number of methoxy groups -OCH3 is 1. The van der Waals surface area contributed by atoms with E-state index >= 15 is 0 Å². The zero-order valence-electron chi connectivity index (χ0n) is 11.1. The maximum Gasteiger partial charge on any atom is 0.306 e. The fraction of sp³-hybridized carbons (Fsp3) is 0.385. The predicted octanol–water partition coefficient (Wildman–Crippen LogP) is 0.790. The summed E-state index contributed by atoms with van der Waals surface area (Å²) in [5, 5.41) is 20.7. The van der Waals surface area contributed by atoms with Crippen molar-refractivity contribution >= 4 is 11.9 Å². The summed E-state index contributed by atoms with van der Waals surface area (Å²) < 4.78 is 18.2. The first kappa shape index (κ1) is 15.9. The molecular weight excluding hydrogens is 269 g/mol. The van der Waals surface area contributed by atoms with Crippen LogP contribution in [0, 0.1) is 5.82 Å². The fourth-order valence-corrected chi connectivity index (χ4v) is 1.57. The number of aliphatic hydroxyl groups is 1. The van der Waals surface area contributed by atoms with Crippen molar-refractivity contribution in [1.29, 1.82) is 0 Å². The van der Waals surface area contributed by atoms with Gasteiger partial charge in [-0.25, -0.2) is 4.39 Å². The summed E-state index contributed by atoms with van der Waals surface area (Å²) in [6, 6.07) is 3.67. The summed E-state index contributed by atoms with van der Waals surface area (Å²) >= 11 is 0. The monoisotopic (exact) mass is 285 g/mol. The Hall–Kier alpha value is -2.15. The van der Waals surface area contributed by atoms with Crippen molar-refractivity contribution in [1.82, 2.24) is 5.32 Å². The van der Waals surface area contributed by atoms with E-state index in [-0.39, 0.29) is 17.9 Å². The van der Waals surface area contributed by atoms with Crippen molar-refractivity contribution in [3.63, 3.8) is 0 Å². The number of nitrogens with one attached hydrogen (secondary N) is 1. The molecule has 1 atom stereocenters. The van der Waals surface area contributed by atoms with Crippen molar-refractivity contribution in [2.75, 3.05) is 13.7 Å². The van der Waals surface area contributed by atoms with E-state index in [4.69, 9.17) is 9.84 Å². The van der Waals surface area contributed by atoms with Crippen molar-refractivity contribution in [2.45, 2.75) is 18.9 Å². The van der Waals surface area contributed by atoms with Gasteiger partial charge in [0.25, 0.3) is 5.91 Å². The number of carbonyl (C=O) groups is 2. The van der Waals surface area contributed by atoms with Gasteiger partial charge in [-0.15, -0.1) is 0 Å². The minimum atomic E-state index is -1.58. The molecule has 6 nitrogen and oxygen atoms in total. The van der Waals surface area contributed by atoms with E-state index in [9.17, 15) is 19.1 Å². The zero-order valence-corrected chi connectivity index (χ0v) is 11.1. The lowest BCUT2D eigenvalue weighted by Crippen LogP contribution is -2.42. The summed E-state index contributed by atoms with van der Waals surface area (Å²) in [6.07, 6.45) is -0.510. The molecule has 1 unspecified atom stereocenters. The molecule has 1 aromatic carbocycles. The number of hydrogen-bond donors (Lipinski definition) is 3. The Labute approximate surface area is 115 Å². The van der Waals surface area contributed by atoms with Crippen molar-refractivity contribution in [2.24, 2.45) is 0 Å². The van der Waals surface area contributed by atoms with Gasteiger partial charge in [-0.1, -0.05) is 0 Å². The van der Waals surface area contributed by atoms with Crippen LogP contribution < -0.4 is 10.1 Å². The molecule has 3 N–H and O–H groups in total. The maximum absolute atomic E-state index is 13.4. The zero-order chi connectivity index (χ0) is 15.3. The normalized spacial score (nSPS) is 13.4. The molecule has 0 bridgehead atoms. The quantitative estimate of drug-likeness (QED) is 0.718. The largest absolute Gasteiger partial charge is 0.494 e. The molecule has 0 fully saturated rings. The molecule has 110 valence electrons. The molecule has 1 rings (SSSR count). The Morgan fingerprint density at radius 2 is 2.10 bits per heavy atom. The Balaban J connectivity index is 2.68. The number of rotatable bonds is 6. The van der Waals surface area contributed by atoms with Crippen molar-refractivity contribution in [3.8, 4) is 5.75 Å². The number of carboxylic acid groups (broad SMARTS) is 1. The Morgan fingerprint density at radius 1 is 1.45 bits per heavy atom. The molecule has 0 aromatic heterocycles. The van der Waals surface area contributed by atoms with Gasteiger partial charge in [0.15, 0.2) is 11.6 Å². The van der Waals surface area contributed by atoms with Crippen LogP contribution in [-0.4, -0.2) is 41.3 Å². The highest BCUT2D eigenvalue weighted by molar-refractivity contribution is 5.94. The average molecular weight is 285 g/mol. The van der Waals surface area contributed by atoms with Gasteiger partial charge in [0.05, 0.1) is 19.1 Å². The first-order valence-corrected chi connectivity index (χ1v) is 5.81. The highest BCUT2D eigenvalue weighted by atomic mass is 19.1. The van der Waals surface area contributed by atoms with E-state index in [1.807, 2.05) is 0 Å². The molecule has 0 saturated heterocycles. The van der Waals surface area contributed by atoms with E-state index in [1.165, 1.54) is 26.2 Å². The predicted molar refractivity (Wildman–Crippen MR) is 68.2 cm³/mol. The second-order valence-electron chi connectivity index (χ2n) is 4.60. The van der Waals surface area contributed by atoms with E-state index in [0.29, 0.717) is 0 Å². The van der Waals surface area contributed by atoms with Gasteiger partial charge < -0.3 is 20.3 Å². The minimum Gasteiger partial charge on any atom is -0.494 e. The first-order chi connectivity index (χ1) is 9.25. The van der Waals surface area contributed by atoms with Crippen LogP contribution in [0.3, 0.4) is 0 Å². The highest BCUT2D eigenvalue weighted by Gasteiger charge is 2.25. The van der Waals surface area contributed by atoms with E-state index in [1.54, 1.807) is 0 Å². The lowest BCUT2D eigenvalue weighted by molar-refractivity contribution is -0.141. The van der Waals surface area contributed by atoms with E-state index < -0.39 is 29.7 Å².